The lowest BCUT2D eigenvalue weighted by Gasteiger charge is -2.27. The zero-order valence-electron chi connectivity index (χ0n) is 15.5. The summed E-state index contributed by atoms with van der Waals surface area (Å²) >= 11 is 0.678. The van der Waals surface area contributed by atoms with Gasteiger partial charge in [0.15, 0.2) is 0 Å². The van der Waals surface area contributed by atoms with Crippen molar-refractivity contribution in [1.29, 1.82) is 0 Å². The van der Waals surface area contributed by atoms with Gasteiger partial charge in [-0.25, -0.2) is 9.67 Å². The maximum atomic E-state index is 13.4. The molecule has 3 rings (SSSR count). The average molecular weight is 424 g/mol. The smallest absolute Gasteiger partial charge is 0.374 e. The van der Waals surface area contributed by atoms with Gasteiger partial charge in [0.25, 0.3) is 0 Å². The van der Waals surface area contributed by atoms with Gasteiger partial charge < -0.3 is 10.4 Å². The summed E-state index contributed by atoms with van der Waals surface area (Å²) in [5, 5.41) is 17.6. The second-order valence-electron chi connectivity index (χ2n) is 6.55. The molecule has 0 saturated heterocycles. The molecule has 1 unspecified atom stereocenters. The minimum atomic E-state index is -5.02. The quantitative estimate of drug-likeness (QED) is 0.611. The lowest BCUT2D eigenvalue weighted by Crippen LogP contribution is -2.46. The van der Waals surface area contributed by atoms with Gasteiger partial charge >= 0.3 is 6.18 Å². The summed E-state index contributed by atoms with van der Waals surface area (Å²) in [6.07, 6.45) is -2.25. The zero-order valence-corrected chi connectivity index (χ0v) is 16.3. The Bertz CT molecular complexity index is 955. The van der Waals surface area contributed by atoms with E-state index < -0.39 is 29.1 Å². The molecule has 2 heterocycles. The van der Waals surface area contributed by atoms with Crippen LogP contribution < -0.4 is 5.32 Å². The van der Waals surface area contributed by atoms with Gasteiger partial charge in [-0.1, -0.05) is 12.1 Å². The first kappa shape index (κ1) is 21.0. The molecule has 0 aliphatic heterocycles. The van der Waals surface area contributed by atoms with Crippen molar-refractivity contribution in [3.8, 4) is 5.69 Å². The minimum absolute atomic E-state index is 0.144. The molecule has 0 radical (unpaired) electrons. The SMILES string of the molecule is Cc1csc(C(O)(CC(=O)NCCc2ccc(-n3cccn3)cc2)C(F)(F)F)n1. The molecule has 0 bridgehead atoms. The average Bonchev–Trinajstić information content (AvgIpc) is 3.33. The zero-order chi connectivity index (χ0) is 21.1. The number of alkyl halides is 3. The fraction of sp³-hybridized carbons (Fsp3) is 0.316. The van der Waals surface area contributed by atoms with Gasteiger partial charge in [-0.15, -0.1) is 11.3 Å². The molecule has 1 amide bonds. The third kappa shape index (κ3) is 4.83. The van der Waals surface area contributed by atoms with Gasteiger partial charge in [-0.2, -0.15) is 18.3 Å². The van der Waals surface area contributed by atoms with Gasteiger partial charge in [0.2, 0.25) is 11.5 Å². The molecule has 29 heavy (non-hydrogen) atoms. The lowest BCUT2D eigenvalue weighted by atomic mass is 9.99. The number of rotatable bonds is 7. The molecule has 6 nitrogen and oxygen atoms in total. The molecule has 154 valence electrons. The Labute approximate surface area is 169 Å². The number of halogens is 3. The van der Waals surface area contributed by atoms with Gasteiger partial charge in [-0.3, -0.25) is 4.79 Å². The number of aromatic nitrogens is 3. The van der Waals surface area contributed by atoms with Crippen molar-refractivity contribution in [2.75, 3.05) is 6.54 Å². The number of benzene rings is 1. The number of aliphatic hydroxyl groups is 1. The van der Waals surface area contributed by atoms with E-state index in [1.165, 1.54) is 12.3 Å². The third-order valence-electron chi connectivity index (χ3n) is 4.30. The fourth-order valence-corrected chi connectivity index (χ4v) is 3.63. The predicted molar refractivity (Wildman–Crippen MR) is 102 cm³/mol. The standard InChI is InChI=1S/C19H19F3N4O2S/c1-13-12-29-17(25-13)18(28,19(20,21)22)11-16(27)23-9-7-14-3-5-15(6-4-14)26-10-2-8-24-26/h2-6,8,10,12,28H,7,9,11H2,1H3,(H,23,27). The Morgan fingerprint density at radius 3 is 2.55 bits per heavy atom. The number of nitrogens with one attached hydrogen (secondary N) is 1. The molecule has 2 aromatic heterocycles. The van der Waals surface area contributed by atoms with Crippen LogP contribution in [0.3, 0.4) is 0 Å². The predicted octanol–water partition coefficient (Wildman–Crippen LogP) is 3.14. The molecule has 0 saturated carbocycles. The first-order chi connectivity index (χ1) is 13.7. The number of carbonyl (C=O) groups excluding carboxylic acids is 1. The maximum absolute atomic E-state index is 13.4. The van der Waals surface area contributed by atoms with E-state index in [1.54, 1.807) is 23.1 Å². The van der Waals surface area contributed by atoms with E-state index in [4.69, 9.17) is 0 Å². The van der Waals surface area contributed by atoms with Crippen LogP contribution in [0.2, 0.25) is 0 Å². The van der Waals surface area contributed by atoms with Gasteiger partial charge in [0.05, 0.1) is 12.1 Å². The van der Waals surface area contributed by atoms with Crippen LogP contribution in [-0.2, 0) is 16.8 Å². The van der Waals surface area contributed by atoms with Gasteiger partial charge in [0.1, 0.15) is 5.01 Å². The Morgan fingerprint density at radius 2 is 2.00 bits per heavy atom. The summed E-state index contributed by atoms with van der Waals surface area (Å²) in [6.45, 7) is 1.67. The number of amides is 1. The fourth-order valence-electron chi connectivity index (χ4n) is 2.72. The highest BCUT2D eigenvalue weighted by Crippen LogP contribution is 2.42. The molecule has 0 aliphatic carbocycles. The van der Waals surface area contributed by atoms with Crippen molar-refractivity contribution >= 4 is 17.2 Å². The normalized spacial score (nSPS) is 13.8. The summed E-state index contributed by atoms with van der Waals surface area (Å²) in [4.78, 5) is 15.8. The highest BCUT2D eigenvalue weighted by atomic mass is 32.1. The van der Waals surface area contributed by atoms with E-state index >= 15 is 0 Å². The summed E-state index contributed by atoms with van der Waals surface area (Å²) in [6, 6.07) is 9.23. The Balaban J connectivity index is 1.57. The summed E-state index contributed by atoms with van der Waals surface area (Å²) < 4.78 is 42.0. The van der Waals surface area contributed by atoms with Crippen LogP contribution in [0.1, 0.15) is 22.7 Å². The second kappa shape index (κ2) is 8.34. The molecule has 1 atom stereocenters. The van der Waals surface area contributed by atoms with E-state index in [9.17, 15) is 23.1 Å². The van der Waals surface area contributed by atoms with Crippen LogP contribution in [0, 0.1) is 6.92 Å². The second-order valence-corrected chi connectivity index (χ2v) is 7.40. The monoisotopic (exact) mass is 424 g/mol. The van der Waals surface area contributed by atoms with Crippen LogP contribution in [-0.4, -0.2) is 38.5 Å². The van der Waals surface area contributed by atoms with Crippen LogP contribution in [0.25, 0.3) is 5.69 Å². The molecular weight excluding hydrogens is 405 g/mol. The van der Waals surface area contributed by atoms with E-state index in [-0.39, 0.29) is 6.54 Å². The van der Waals surface area contributed by atoms with E-state index in [0.29, 0.717) is 23.5 Å². The molecule has 10 heteroatoms. The lowest BCUT2D eigenvalue weighted by molar-refractivity contribution is -0.267. The van der Waals surface area contributed by atoms with Crippen molar-refractivity contribution < 1.29 is 23.1 Å². The van der Waals surface area contributed by atoms with E-state index in [1.807, 2.05) is 24.3 Å². The number of carbonyl (C=O) groups is 1. The van der Waals surface area contributed by atoms with Crippen molar-refractivity contribution in [1.82, 2.24) is 20.1 Å². The van der Waals surface area contributed by atoms with Crippen molar-refractivity contribution in [2.24, 2.45) is 0 Å². The Morgan fingerprint density at radius 1 is 1.28 bits per heavy atom. The highest BCUT2D eigenvalue weighted by Gasteiger charge is 2.58. The van der Waals surface area contributed by atoms with Gasteiger partial charge in [0, 0.05) is 30.0 Å². The van der Waals surface area contributed by atoms with E-state index in [2.05, 4.69) is 15.4 Å². The summed E-state index contributed by atoms with van der Waals surface area (Å²) in [7, 11) is 0. The summed E-state index contributed by atoms with van der Waals surface area (Å²) in [5.41, 5.74) is -1.17. The summed E-state index contributed by atoms with van der Waals surface area (Å²) in [5.74, 6) is -0.897. The number of nitrogens with zero attached hydrogens (tertiary/aromatic N) is 3. The molecule has 2 N–H and O–H groups in total. The number of aryl methyl sites for hydroxylation is 1. The highest BCUT2D eigenvalue weighted by molar-refractivity contribution is 7.09. The maximum Gasteiger partial charge on any atom is 0.424 e. The third-order valence-corrected chi connectivity index (χ3v) is 5.41. The minimum Gasteiger partial charge on any atom is -0.374 e. The van der Waals surface area contributed by atoms with Crippen LogP contribution >= 0.6 is 11.3 Å². The van der Waals surface area contributed by atoms with Crippen LogP contribution in [0.5, 0.6) is 0 Å². The molecule has 0 aliphatic rings. The molecule has 3 aromatic rings. The number of hydrogen-bond donors (Lipinski definition) is 2. The largest absolute Gasteiger partial charge is 0.424 e. The Kier molecular flexibility index (Phi) is 6.04. The molecule has 1 aromatic carbocycles. The molecule has 0 fully saturated rings. The first-order valence-corrected chi connectivity index (χ1v) is 9.64. The van der Waals surface area contributed by atoms with Crippen molar-refractivity contribution in [3.05, 3.63) is 64.4 Å². The van der Waals surface area contributed by atoms with Crippen molar-refractivity contribution in [3.63, 3.8) is 0 Å². The van der Waals surface area contributed by atoms with Crippen molar-refractivity contribution in [2.45, 2.75) is 31.5 Å². The molecule has 0 spiro atoms. The number of hydrogen-bond acceptors (Lipinski definition) is 5. The topological polar surface area (TPSA) is 80.0 Å². The molecular formula is C19H19F3N4O2S. The number of thiazole rings is 1. The van der Waals surface area contributed by atoms with Crippen LogP contribution in [0.4, 0.5) is 13.2 Å². The van der Waals surface area contributed by atoms with Crippen LogP contribution in [0.15, 0.2) is 48.1 Å². The van der Waals surface area contributed by atoms with E-state index in [0.717, 1.165) is 11.3 Å². The first-order valence-electron chi connectivity index (χ1n) is 8.76. The van der Waals surface area contributed by atoms with Gasteiger partial charge in [-0.05, 0) is 37.1 Å². The Hall–Kier alpha value is -2.72.